The SMILES string of the molecule is CCOP(=O)(CC[C@@H]1CC(COC)(COC)C[C@H]1C)OCC. The minimum absolute atomic E-state index is 0.0921. The van der Waals surface area contributed by atoms with E-state index in [-0.39, 0.29) is 5.41 Å². The molecular weight excluding hydrogens is 303 g/mol. The lowest BCUT2D eigenvalue weighted by Gasteiger charge is -2.28. The Balaban J connectivity index is 2.63. The van der Waals surface area contributed by atoms with E-state index in [1.807, 2.05) is 13.8 Å². The van der Waals surface area contributed by atoms with Crippen LogP contribution in [0.2, 0.25) is 0 Å². The Kier molecular flexibility index (Phi) is 8.58. The van der Waals surface area contributed by atoms with Crippen LogP contribution < -0.4 is 0 Å². The molecule has 0 amide bonds. The van der Waals surface area contributed by atoms with Gasteiger partial charge in [-0.05, 0) is 44.9 Å². The van der Waals surface area contributed by atoms with Crippen molar-refractivity contribution in [3.63, 3.8) is 0 Å². The predicted molar refractivity (Wildman–Crippen MR) is 88.4 cm³/mol. The van der Waals surface area contributed by atoms with Crippen molar-refractivity contribution >= 4 is 7.60 Å². The fourth-order valence-electron chi connectivity index (χ4n) is 3.85. The highest BCUT2D eigenvalue weighted by atomic mass is 31.2. The topological polar surface area (TPSA) is 54.0 Å². The van der Waals surface area contributed by atoms with Crippen LogP contribution in [0.1, 0.15) is 40.0 Å². The van der Waals surface area contributed by atoms with Crippen LogP contribution in [-0.2, 0) is 23.1 Å². The first-order chi connectivity index (χ1) is 10.4. The molecule has 0 aliphatic heterocycles. The van der Waals surface area contributed by atoms with E-state index in [1.54, 1.807) is 14.2 Å². The molecule has 1 fully saturated rings. The van der Waals surface area contributed by atoms with E-state index in [2.05, 4.69) is 6.92 Å². The molecule has 0 aromatic rings. The van der Waals surface area contributed by atoms with Crippen LogP contribution in [0.5, 0.6) is 0 Å². The summed E-state index contributed by atoms with van der Waals surface area (Å²) in [7, 11) is 0.554. The van der Waals surface area contributed by atoms with E-state index >= 15 is 0 Å². The second kappa shape index (κ2) is 9.39. The molecule has 5 nitrogen and oxygen atoms in total. The Morgan fingerprint density at radius 3 is 2.05 bits per heavy atom. The van der Waals surface area contributed by atoms with Gasteiger partial charge in [-0.25, -0.2) is 0 Å². The average Bonchev–Trinajstić information content (AvgIpc) is 2.74. The molecule has 0 radical (unpaired) electrons. The molecule has 1 aliphatic carbocycles. The molecule has 0 aromatic heterocycles. The molecule has 132 valence electrons. The molecule has 1 aliphatic rings. The van der Waals surface area contributed by atoms with Crippen LogP contribution in [0, 0.1) is 17.3 Å². The first kappa shape index (κ1) is 20.1. The molecular formula is C16H33O5P. The van der Waals surface area contributed by atoms with Gasteiger partial charge in [0.1, 0.15) is 0 Å². The van der Waals surface area contributed by atoms with E-state index in [4.69, 9.17) is 18.5 Å². The standard InChI is InChI=1S/C16H33O5P/c1-6-20-22(17,21-7-2)9-8-15-11-16(12-18-4,13-19-5)10-14(15)3/h14-15H,6-13H2,1-5H3/t14-,15-/m1/s1. The number of hydrogen-bond acceptors (Lipinski definition) is 5. The van der Waals surface area contributed by atoms with Crippen LogP contribution in [0.3, 0.4) is 0 Å². The van der Waals surface area contributed by atoms with Crippen LogP contribution in [0.15, 0.2) is 0 Å². The van der Waals surface area contributed by atoms with Crippen LogP contribution in [0.4, 0.5) is 0 Å². The highest BCUT2D eigenvalue weighted by Gasteiger charge is 2.44. The highest BCUT2D eigenvalue weighted by molar-refractivity contribution is 7.53. The summed E-state index contributed by atoms with van der Waals surface area (Å²) in [6, 6.07) is 0. The third-order valence-corrected chi connectivity index (χ3v) is 6.69. The second-order valence-electron chi connectivity index (χ2n) is 6.47. The normalized spacial score (nSPS) is 24.8. The lowest BCUT2D eigenvalue weighted by Crippen LogP contribution is -2.29. The molecule has 1 rings (SSSR count). The quantitative estimate of drug-likeness (QED) is 0.534. The Morgan fingerprint density at radius 1 is 1.05 bits per heavy atom. The minimum Gasteiger partial charge on any atom is -0.384 e. The molecule has 0 bridgehead atoms. The second-order valence-corrected chi connectivity index (χ2v) is 8.66. The van der Waals surface area contributed by atoms with Crippen molar-refractivity contribution in [1.29, 1.82) is 0 Å². The zero-order valence-electron chi connectivity index (χ0n) is 14.8. The summed E-state index contributed by atoms with van der Waals surface area (Å²) < 4.78 is 34.2. The molecule has 0 unspecified atom stereocenters. The summed E-state index contributed by atoms with van der Waals surface area (Å²) in [5.74, 6) is 1.08. The first-order valence-electron chi connectivity index (χ1n) is 8.30. The van der Waals surface area contributed by atoms with E-state index in [0.29, 0.717) is 31.2 Å². The van der Waals surface area contributed by atoms with Crippen molar-refractivity contribution in [2.75, 3.05) is 46.8 Å². The summed E-state index contributed by atoms with van der Waals surface area (Å²) in [5.41, 5.74) is 0.0921. The Bertz CT molecular complexity index is 344. The van der Waals surface area contributed by atoms with Crippen molar-refractivity contribution in [3.05, 3.63) is 0 Å². The largest absolute Gasteiger partial charge is 0.384 e. The van der Waals surface area contributed by atoms with Crippen LogP contribution in [0.25, 0.3) is 0 Å². The monoisotopic (exact) mass is 336 g/mol. The minimum atomic E-state index is -2.93. The number of methoxy groups -OCH3 is 2. The van der Waals surface area contributed by atoms with Gasteiger partial charge in [-0.15, -0.1) is 0 Å². The Labute approximate surface area is 135 Å². The maximum absolute atomic E-state index is 12.6. The summed E-state index contributed by atoms with van der Waals surface area (Å²) in [5, 5.41) is 0. The van der Waals surface area contributed by atoms with Crippen molar-refractivity contribution in [1.82, 2.24) is 0 Å². The highest BCUT2D eigenvalue weighted by Crippen LogP contribution is 2.53. The van der Waals surface area contributed by atoms with Gasteiger partial charge >= 0.3 is 7.60 Å². The van der Waals surface area contributed by atoms with Gasteiger partial charge in [-0.3, -0.25) is 4.57 Å². The van der Waals surface area contributed by atoms with E-state index in [1.165, 1.54) is 0 Å². The van der Waals surface area contributed by atoms with Crippen LogP contribution >= 0.6 is 7.60 Å². The van der Waals surface area contributed by atoms with Gasteiger partial charge in [0.05, 0.1) is 32.6 Å². The summed E-state index contributed by atoms with van der Waals surface area (Å²) in [6.45, 7) is 8.26. The zero-order chi connectivity index (χ0) is 16.6. The predicted octanol–water partition coefficient (Wildman–Crippen LogP) is 3.97. The fraction of sp³-hybridized carbons (Fsp3) is 1.00. The van der Waals surface area contributed by atoms with Gasteiger partial charge in [0, 0.05) is 19.6 Å². The number of rotatable bonds is 11. The molecule has 0 aromatic carbocycles. The number of hydrogen-bond donors (Lipinski definition) is 0. The first-order valence-corrected chi connectivity index (χ1v) is 10.0. The summed E-state index contributed by atoms with van der Waals surface area (Å²) in [4.78, 5) is 0. The molecule has 0 spiro atoms. The van der Waals surface area contributed by atoms with Gasteiger partial charge in [-0.2, -0.15) is 0 Å². The maximum Gasteiger partial charge on any atom is 0.330 e. The molecule has 0 saturated heterocycles. The van der Waals surface area contributed by atoms with Gasteiger partial charge in [0.25, 0.3) is 0 Å². The lowest BCUT2D eigenvalue weighted by molar-refractivity contribution is 0.0106. The summed E-state index contributed by atoms with van der Waals surface area (Å²) >= 11 is 0. The van der Waals surface area contributed by atoms with Gasteiger partial charge in [0.2, 0.25) is 0 Å². The Hall–Kier alpha value is 0.0700. The van der Waals surface area contributed by atoms with Gasteiger partial charge in [0.15, 0.2) is 0 Å². The molecule has 6 heteroatoms. The van der Waals surface area contributed by atoms with E-state index in [0.717, 1.165) is 32.5 Å². The zero-order valence-corrected chi connectivity index (χ0v) is 15.7. The van der Waals surface area contributed by atoms with Crippen molar-refractivity contribution in [3.8, 4) is 0 Å². The number of ether oxygens (including phenoxy) is 2. The molecule has 0 N–H and O–H groups in total. The van der Waals surface area contributed by atoms with Crippen molar-refractivity contribution < 1.29 is 23.1 Å². The van der Waals surface area contributed by atoms with Gasteiger partial charge < -0.3 is 18.5 Å². The smallest absolute Gasteiger partial charge is 0.330 e. The van der Waals surface area contributed by atoms with Gasteiger partial charge in [-0.1, -0.05) is 6.92 Å². The third kappa shape index (κ3) is 5.61. The lowest BCUT2D eigenvalue weighted by atomic mass is 9.86. The maximum atomic E-state index is 12.6. The van der Waals surface area contributed by atoms with Crippen molar-refractivity contribution in [2.45, 2.75) is 40.0 Å². The van der Waals surface area contributed by atoms with Crippen LogP contribution in [-0.4, -0.2) is 46.8 Å². The molecule has 22 heavy (non-hydrogen) atoms. The summed E-state index contributed by atoms with van der Waals surface area (Å²) in [6.07, 6.45) is 3.51. The Morgan fingerprint density at radius 2 is 1.59 bits per heavy atom. The van der Waals surface area contributed by atoms with Crippen molar-refractivity contribution in [2.24, 2.45) is 17.3 Å². The van der Waals surface area contributed by atoms with E-state index in [9.17, 15) is 4.57 Å². The fourth-order valence-corrected chi connectivity index (χ4v) is 5.62. The third-order valence-electron chi connectivity index (χ3n) is 4.58. The van der Waals surface area contributed by atoms with E-state index < -0.39 is 7.60 Å². The molecule has 0 heterocycles. The molecule has 2 atom stereocenters. The molecule has 1 saturated carbocycles. The average molecular weight is 336 g/mol.